The highest BCUT2D eigenvalue weighted by molar-refractivity contribution is 5.92. The number of imidazole rings is 1. The molecule has 1 aromatic carbocycles. The van der Waals surface area contributed by atoms with Crippen molar-refractivity contribution in [2.24, 2.45) is 0 Å². The lowest BCUT2D eigenvalue weighted by Gasteiger charge is -2.32. The van der Waals surface area contributed by atoms with Gasteiger partial charge in [-0.25, -0.2) is 4.98 Å². The summed E-state index contributed by atoms with van der Waals surface area (Å²) in [6, 6.07) is 9.93. The summed E-state index contributed by atoms with van der Waals surface area (Å²) in [5.74, 6) is 0.629. The Bertz CT molecular complexity index is 739. The highest BCUT2D eigenvalue weighted by Gasteiger charge is 2.28. The van der Waals surface area contributed by atoms with Crippen LogP contribution in [0.3, 0.4) is 0 Å². The van der Waals surface area contributed by atoms with Gasteiger partial charge in [-0.1, -0.05) is 30.3 Å². The van der Waals surface area contributed by atoms with E-state index in [-0.39, 0.29) is 17.9 Å². The highest BCUT2D eigenvalue weighted by atomic mass is 16.2. The summed E-state index contributed by atoms with van der Waals surface area (Å²) in [5, 5.41) is 2.91. The molecule has 1 atom stereocenters. The molecule has 0 bridgehead atoms. The molecule has 6 heteroatoms. The van der Waals surface area contributed by atoms with Crippen LogP contribution in [0.4, 0.5) is 0 Å². The van der Waals surface area contributed by atoms with Crippen molar-refractivity contribution in [1.82, 2.24) is 19.8 Å². The fourth-order valence-electron chi connectivity index (χ4n) is 3.09. The first-order chi connectivity index (χ1) is 11.6. The Kier molecular flexibility index (Phi) is 4.64. The van der Waals surface area contributed by atoms with Crippen LogP contribution >= 0.6 is 0 Å². The standard InChI is InChI=1S/C18H22N4O2/c1-13-17-20-16(12-21(17)10-11-22(13)14(2)23)18(24)19-9-8-15-6-4-3-5-7-15/h3-7,12-13H,8-11H2,1-2H3,(H,19,24). The second-order valence-corrected chi connectivity index (χ2v) is 6.06. The van der Waals surface area contributed by atoms with Crippen LogP contribution in [0.15, 0.2) is 36.5 Å². The number of nitrogens with one attached hydrogen (secondary N) is 1. The molecule has 0 radical (unpaired) electrons. The minimum Gasteiger partial charge on any atom is -0.350 e. The zero-order chi connectivity index (χ0) is 17.1. The van der Waals surface area contributed by atoms with Crippen LogP contribution in [0, 0.1) is 0 Å². The molecular weight excluding hydrogens is 304 g/mol. The number of fused-ring (bicyclic) bond motifs is 1. The van der Waals surface area contributed by atoms with Crippen molar-refractivity contribution in [3.8, 4) is 0 Å². The number of rotatable bonds is 4. The van der Waals surface area contributed by atoms with Gasteiger partial charge < -0.3 is 14.8 Å². The van der Waals surface area contributed by atoms with E-state index in [0.29, 0.717) is 25.3 Å². The Labute approximate surface area is 141 Å². The number of carbonyl (C=O) groups is 2. The topological polar surface area (TPSA) is 67.2 Å². The van der Waals surface area contributed by atoms with Gasteiger partial charge in [-0.05, 0) is 18.9 Å². The Morgan fingerprint density at radius 2 is 2.00 bits per heavy atom. The molecule has 2 aromatic rings. The zero-order valence-electron chi connectivity index (χ0n) is 14.0. The quantitative estimate of drug-likeness (QED) is 0.931. The van der Waals surface area contributed by atoms with E-state index in [1.807, 2.05) is 41.8 Å². The van der Waals surface area contributed by atoms with Crippen molar-refractivity contribution in [1.29, 1.82) is 0 Å². The minimum atomic E-state index is -0.172. The molecule has 2 amide bonds. The second kappa shape index (κ2) is 6.86. The molecule has 1 unspecified atom stereocenters. The Morgan fingerprint density at radius 1 is 1.25 bits per heavy atom. The van der Waals surface area contributed by atoms with Crippen LogP contribution in [0.5, 0.6) is 0 Å². The summed E-state index contributed by atoms with van der Waals surface area (Å²) in [5.41, 5.74) is 1.60. The molecule has 0 saturated carbocycles. The van der Waals surface area contributed by atoms with Crippen LogP contribution in [0.25, 0.3) is 0 Å². The Morgan fingerprint density at radius 3 is 2.71 bits per heavy atom. The first-order valence-corrected chi connectivity index (χ1v) is 8.22. The summed E-state index contributed by atoms with van der Waals surface area (Å²) < 4.78 is 1.97. The molecule has 126 valence electrons. The van der Waals surface area contributed by atoms with Gasteiger partial charge in [0, 0.05) is 32.8 Å². The van der Waals surface area contributed by atoms with Crippen molar-refractivity contribution < 1.29 is 9.59 Å². The molecule has 24 heavy (non-hydrogen) atoms. The second-order valence-electron chi connectivity index (χ2n) is 6.06. The monoisotopic (exact) mass is 326 g/mol. The lowest BCUT2D eigenvalue weighted by molar-refractivity contribution is -0.132. The number of nitrogens with zero attached hydrogens (tertiary/aromatic N) is 3. The van der Waals surface area contributed by atoms with Crippen LogP contribution in [0.2, 0.25) is 0 Å². The maximum atomic E-state index is 12.3. The summed E-state index contributed by atoms with van der Waals surface area (Å²) in [4.78, 5) is 30.2. The van der Waals surface area contributed by atoms with Gasteiger partial charge in [-0.3, -0.25) is 9.59 Å². The summed E-state index contributed by atoms with van der Waals surface area (Å²) in [6.07, 6.45) is 2.57. The Balaban J connectivity index is 1.63. The van der Waals surface area contributed by atoms with Crippen molar-refractivity contribution in [2.75, 3.05) is 13.1 Å². The SMILES string of the molecule is CC(=O)N1CCn2cc(C(=O)NCCc3ccccc3)nc2C1C. The van der Waals surface area contributed by atoms with E-state index in [4.69, 9.17) is 0 Å². The van der Waals surface area contributed by atoms with Gasteiger partial charge >= 0.3 is 0 Å². The number of carbonyl (C=O) groups excluding carboxylic acids is 2. The molecule has 1 aliphatic heterocycles. The van der Waals surface area contributed by atoms with E-state index in [0.717, 1.165) is 12.2 Å². The molecule has 3 rings (SSSR count). The molecule has 0 saturated heterocycles. The number of aromatic nitrogens is 2. The van der Waals surface area contributed by atoms with Gasteiger partial charge in [0.25, 0.3) is 5.91 Å². The molecule has 1 aromatic heterocycles. The van der Waals surface area contributed by atoms with Crippen LogP contribution < -0.4 is 5.32 Å². The van der Waals surface area contributed by atoms with Gasteiger partial charge in [-0.2, -0.15) is 0 Å². The highest BCUT2D eigenvalue weighted by Crippen LogP contribution is 2.24. The number of benzene rings is 1. The molecule has 1 aliphatic rings. The average Bonchev–Trinajstić information content (AvgIpc) is 3.01. The van der Waals surface area contributed by atoms with E-state index >= 15 is 0 Å². The predicted molar refractivity (Wildman–Crippen MR) is 90.5 cm³/mol. The van der Waals surface area contributed by atoms with Gasteiger partial charge in [0.15, 0.2) is 0 Å². The number of hydrogen-bond donors (Lipinski definition) is 1. The normalized spacial score (nSPS) is 16.6. The number of amides is 2. The third-order valence-electron chi connectivity index (χ3n) is 4.41. The van der Waals surface area contributed by atoms with E-state index < -0.39 is 0 Å². The summed E-state index contributed by atoms with van der Waals surface area (Å²) >= 11 is 0. The molecule has 0 fully saturated rings. The molecule has 2 heterocycles. The van der Waals surface area contributed by atoms with Crippen LogP contribution in [0.1, 0.15) is 41.8 Å². The zero-order valence-corrected chi connectivity index (χ0v) is 14.0. The predicted octanol–water partition coefficient (Wildman–Crippen LogP) is 1.78. The first-order valence-electron chi connectivity index (χ1n) is 8.22. The Hall–Kier alpha value is -2.63. The number of hydrogen-bond acceptors (Lipinski definition) is 3. The van der Waals surface area contributed by atoms with Crippen molar-refractivity contribution >= 4 is 11.8 Å². The molecule has 1 N–H and O–H groups in total. The van der Waals surface area contributed by atoms with E-state index in [1.165, 1.54) is 5.56 Å². The maximum Gasteiger partial charge on any atom is 0.271 e. The summed E-state index contributed by atoms with van der Waals surface area (Å²) in [6.45, 7) is 5.39. The van der Waals surface area contributed by atoms with E-state index in [9.17, 15) is 9.59 Å². The van der Waals surface area contributed by atoms with Crippen LogP contribution in [-0.4, -0.2) is 39.4 Å². The van der Waals surface area contributed by atoms with E-state index in [2.05, 4.69) is 10.3 Å². The van der Waals surface area contributed by atoms with Crippen LogP contribution in [-0.2, 0) is 17.8 Å². The van der Waals surface area contributed by atoms with Gasteiger partial charge in [0.2, 0.25) is 5.91 Å². The first kappa shape index (κ1) is 16.2. The minimum absolute atomic E-state index is 0.0330. The largest absolute Gasteiger partial charge is 0.350 e. The van der Waals surface area contributed by atoms with E-state index in [1.54, 1.807) is 18.0 Å². The maximum absolute atomic E-state index is 12.3. The fourth-order valence-corrected chi connectivity index (χ4v) is 3.09. The molecular formula is C18H22N4O2. The van der Waals surface area contributed by atoms with Gasteiger partial charge in [0.1, 0.15) is 11.5 Å². The molecule has 6 nitrogen and oxygen atoms in total. The van der Waals surface area contributed by atoms with Crippen molar-refractivity contribution in [3.63, 3.8) is 0 Å². The van der Waals surface area contributed by atoms with Crippen molar-refractivity contribution in [3.05, 3.63) is 53.6 Å². The lowest BCUT2D eigenvalue weighted by Crippen LogP contribution is -2.39. The molecule has 0 spiro atoms. The van der Waals surface area contributed by atoms with Crippen molar-refractivity contribution in [2.45, 2.75) is 32.9 Å². The fraction of sp³-hybridized carbons (Fsp3) is 0.389. The summed E-state index contributed by atoms with van der Waals surface area (Å²) in [7, 11) is 0. The van der Waals surface area contributed by atoms with Gasteiger partial charge in [0.05, 0.1) is 6.04 Å². The lowest BCUT2D eigenvalue weighted by atomic mass is 10.1. The third-order valence-corrected chi connectivity index (χ3v) is 4.41. The average molecular weight is 326 g/mol. The smallest absolute Gasteiger partial charge is 0.271 e. The third kappa shape index (κ3) is 3.32. The molecule has 0 aliphatic carbocycles. The van der Waals surface area contributed by atoms with Gasteiger partial charge in [-0.15, -0.1) is 0 Å².